The van der Waals surface area contributed by atoms with Crippen LogP contribution in [0.25, 0.3) is 32.9 Å². The van der Waals surface area contributed by atoms with Gasteiger partial charge in [-0.15, -0.1) is 0 Å². The molecule has 3 N–H and O–H groups in total. The summed E-state index contributed by atoms with van der Waals surface area (Å²) in [5.74, 6) is 0.230. The van der Waals surface area contributed by atoms with E-state index >= 15 is 0 Å². The number of aromatic hydroxyl groups is 1. The summed E-state index contributed by atoms with van der Waals surface area (Å²) in [6, 6.07) is 18.3. The number of carbonyl (C=O) groups excluding carboxylic acids is 2. The van der Waals surface area contributed by atoms with Gasteiger partial charge in [0.25, 0.3) is 11.8 Å². The fourth-order valence-corrected chi connectivity index (χ4v) is 6.75. The highest BCUT2D eigenvalue weighted by Crippen LogP contribution is 2.44. The minimum Gasteiger partial charge on any atom is -0.504 e. The second-order valence-electron chi connectivity index (χ2n) is 11.3. The highest BCUT2D eigenvalue weighted by Gasteiger charge is 2.35. The van der Waals surface area contributed by atoms with Crippen LogP contribution >= 0.6 is 11.6 Å². The highest BCUT2D eigenvalue weighted by atomic mass is 35.5. The maximum Gasteiger partial charge on any atom is 0.259 e. The van der Waals surface area contributed by atoms with E-state index in [0.717, 1.165) is 45.0 Å². The first-order valence-corrected chi connectivity index (χ1v) is 15.4. The summed E-state index contributed by atoms with van der Waals surface area (Å²) in [7, 11) is 0. The van der Waals surface area contributed by atoms with Gasteiger partial charge >= 0.3 is 0 Å². The number of hydrogen-bond donors (Lipinski definition) is 3. The number of benzene rings is 3. The number of halogens is 1. The van der Waals surface area contributed by atoms with Crippen LogP contribution in [0.15, 0.2) is 66.9 Å². The molecule has 5 aromatic rings. The molecule has 2 aliphatic heterocycles. The van der Waals surface area contributed by atoms with Crippen LogP contribution < -0.4 is 15.0 Å². The summed E-state index contributed by atoms with van der Waals surface area (Å²) in [5.41, 5.74) is 2.92. The zero-order valence-corrected chi connectivity index (χ0v) is 25.3. The van der Waals surface area contributed by atoms with Crippen molar-refractivity contribution in [1.82, 2.24) is 19.8 Å². The number of anilines is 1. The van der Waals surface area contributed by atoms with Crippen molar-refractivity contribution in [3.63, 3.8) is 0 Å². The third-order valence-corrected chi connectivity index (χ3v) is 8.95. The van der Waals surface area contributed by atoms with Gasteiger partial charge in [-0.05, 0) is 42.3 Å². The molecule has 0 unspecified atom stereocenters. The lowest BCUT2D eigenvalue weighted by atomic mass is 9.93. The number of aromatic nitrogens is 2. The Bertz CT molecular complexity index is 1930. The number of amides is 2. The van der Waals surface area contributed by atoms with Crippen LogP contribution in [0.2, 0.25) is 5.02 Å². The van der Waals surface area contributed by atoms with Gasteiger partial charge in [-0.3, -0.25) is 19.8 Å². The van der Waals surface area contributed by atoms with Crippen molar-refractivity contribution in [2.75, 3.05) is 50.8 Å². The summed E-state index contributed by atoms with van der Waals surface area (Å²) >= 11 is 6.54. The maximum absolute atomic E-state index is 13.2. The van der Waals surface area contributed by atoms with Gasteiger partial charge in [0, 0.05) is 72.9 Å². The molecule has 2 aliphatic rings. The van der Waals surface area contributed by atoms with Gasteiger partial charge in [0.15, 0.2) is 11.5 Å². The summed E-state index contributed by atoms with van der Waals surface area (Å²) in [4.78, 5) is 35.4. The lowest BCUT2D eigenvalue weighted by Crippen LogP contribution is -2.47. The van der Waals surface area contributed by atoms with Gasteiger partial charge < -0.3 is 24.4 Å². The van der Waals surface area contributed by atoms with Gasteiger partial charge in [0.1, 0.15) is 5.82 Å². The van der Waals surface area contributed by atoms with Gasteiger partial charge in [0.2, 0.25) is 0 Å². The van der Waals surface area contributed by atoms with Crippen molar-refractivity contribution in [1.29, 1.82) is 0 Å². The van der Waals surface area contributed by atoms with E-state index in [1.807, 2.05) is 41.1 Å². The average Bonchev–Trinajstić information content (AvgIpc) is 3.52. The van der Waals surface area contributed by atoms with E-state index in [1.54, 1.807) is 30.3 Å². The molecule has 3 aromatic carbocycles. The number of aliphatic hydroxyl groups is 1. The zero-order valence-electron chi connectivity index (χ0n) is 24.5. The van der Waals surface area contributed by atoms with Crippen LogP contribution in [0.5, 0.6) is 11.5 Å². The molecule has 230 valence electrons. The topological polar surface area (TPSA) is 120 Å². The minimum atomic E-state index is -0.516. The van der Waals surface area contributed by atoms with Crippen LogP contribution in [0.3, 0.4) is 0 Å². The Morgan fingerprint density at radius 3 is 2.42 bits per heavy atom. The molecule has 0 radical (unpaired) electrons. The monoisotopic (exact) mass is 625 g/mol. The van der Waals surface area contributed by atoms with Crippen molar-refractivity contribution in [3.8, 4) is 22.6 Å². The first-order valence-electron chi connectivity index (χ1n) is 15.0. The molecule has 0 spiro atoms. The van der Waals surface area contributed by atoms with E-state index in [0.29, 0.717) is 50.3 Å². The molecule has 0 aliphatic carbocycles. The summed E-state index contributed by atoms with van der Waals surface area (Å²) in [5, 5.41) is 25.0. The third-order valence-electron chi connectivity index (χ3n) is 8.63. The summed E-state index contributed by atoms with van der Waals surface area (Å²) < 4.78 is 7.96. The Labute approximate surface area is 264 Å². The Morgan fingerprint density at radius 2 is 1.67 bits per heavy atom. The normalized spacial score (nSPS) is 15.2. The number of nitrogens with one attached hydrogen (secondary N) is 1. The zero-order chi connectivity index (χ0) is 31.1. The van der Waals surface area contributed by atoms with Gasteiger partial charge in [0.05, 0.1) is 35.4 Å². The molecule has 0 bridgehead atoms. The van der Waals surface area contributed by atoms with Crippen LogP contribution in [-0.2, 0) is 6.54 Å². The average molecular weight is 626 g/mol. The Morgan fingerprint density at radius 1 is 0.889 bits per heavy atom. The number of nitrogens with zero attached hydrogens (tertiary/aromatic N) is 4. The quantitative estimate of drug-likeness (QED) is 0.160. The molecular weight excluding hydrogens is 594 g/mol. The Hall–Kier alpha value is -4.64. The lowest BCUT2D eigenvalue weighted by molar-refractivity contribution is 0.0880. The number of phenols is 1. The fourth-order valence-electron chi connectivity index (χ4n) is 6.52. The molecule has 2 amide bonds. The number of fused-ring (bicyclic) bond motifs is 5. The molecule has 10 nitrogen and oxygen atoms in total. The standard InChI is InChI=1S/C34H32ClN5O5/c35-24-7-2-1-6-21(24)22-18-26-30(32-31(22)33(43)37-34(32)44)23-19-27(42)28(20-25(23)40(26)15-16-41)45-17-5-10-38-11-13-39(14-12-38)29-8-3-4-9-36-29/h1-4,6-9,18-20,41-42H,5,10-17H2,(H,37,43,44). The molecule has 0 saturated carbocycles. The van der Waals surface area contributed by atoms with Crippen LogP contribution in [-0.4, -0.2) is 82.4 Å². The molecule has 1 saturated heterocycles. The summed E-state index contributed by atoms with van der Waals surface area (Å²) in [6.45, 7) is 5.04. The van der Waals surface area contributed by atoms with Gasteiger partial charge in [-0.2, -0.15) is 0 Å². The van der Waals surface area contributed by atoms with Crippen LogP contribution in [0.1, 0.15) is 27.1 Å². The van der Waals surface area contributed by atoms with E-state index in [-0.39, 0.29) is 30.0 Å². The third kappa shape index (κ3) is 5.24. The SMILES string of the molecule is O=C1NC(=O)c2c1c(-c1ccccc1Cl)cc1c2c2cc(O)c(OCCCN3CCN(c4ccccn4)CC3)cc2n1CCO. The van der Waals surface area contributed by atoms with Crippen molar-refractivity contribution < 1.29 is 24.5 Å². The number of rotatable bonds is 9. The molecule has 2 aromatic heterocycles. The number of ether oxygens (including phenoxy) is 1. The van der Waals surface area contributed by atoms with Gasteiger partial charge in [-0.1, -0.05) is 35.9 Å². The number of piperazine rings is 1. The first kappa shape index (κ1) is 29.1. The lowest BCUT2D eigenvalue weighted by Gasteiger charge is -2.35. The molecule has 4 heterocycles. The Balaban J connectivity index is 1.16. The highest BCUT2D eigenvalue weighted by molar-refractivity contribution is 6.36. The first-order chi connectivity index (χ1) is 21.9. The van der Waals surface area contributed by atoms with Crippen molar-refractivity contribution in [2.24, 2.45) is 0 Å². The molecule has 0 atom stereocenters. The maximum atomic E-state index is 13.2. The molecular formula is C34H32ClN5O5. The molecule has 45 heavy (non-hydrogen) atoms. The molecule has 7 rings (SSSR count). The predicted octanol–water partition coefficient (Wildman–Crippen LogP) is 4.68. The molecule has 1 fully saturated rings. The number of aliphatic hydroxyl groups excluding tert-OH is 1. The van der Waals surface area contributed by atoms with E-state index in [4.69, 9.17) is 16.3 Å². The van der Waals surface area contributed by atoms with Gasteiger partial charge in [-0.25, -0.2) is 4.98 Å². The van der Waals surface area contributed by atoms with Crippen LogP contribution in [0, 0.1) is 0 Å². The smallest absolute Gasteiger partial charge is 0.259 e. The van der Waals surface area contributed by atoms with E-state index < -0.39 is 11.8 Å². The minimum absolute atomic E-state index is 0.0665. The molecule has 11 heteroatoms. The van der Waals surface area contributed by atoms with Crippen molar-refractivity contribution in [2.45, 2.75) is 13.0 Å². The van der Waals surface area contributed by atoms with Crippen LogP contribution in [0.4, 0.5) is 5.82 Å². The predicted molar refractivity (Wildman–Crippen MR) is 173 cm³/mol. The van der Waals surface area contributed by atoms with Crippen molar-refractivity contribution in [3.05, 3.63) is 83.0 Å². The van der Waals surface area contributed by atoms with E-state index in [9.17, 15) is 19.8 Å². The van der Waals surface area contributed by atoms with E-state index in [1.165, 1.54) is 0 Å². The second kappa shape index (κ2) is 12.0. The van der Waals surface area contributed by atoms with E-state index in [2.05, 4.69) is 20.1 Å². The summed E-state index contributed by atoms with van der Waals surface area (Å²) in [6.07, 6.45) is 2.59. The number of pyridine rings is 1. The number of carbonyl (C=O) groups is 2. The number of hydrogen-bond acceptors (Lipinski definition) is 8. The number of phenolic OH excluding ortho intramolecular Hbond substituents is 1. The fraction of sp³-hybridized carbons (Fsp3) is 0.265. The van der Waals surface area contributed by atoms with Crippen molar-refractivity contribution >= 4 is 51.0 Å². The second-order valence-corrected chi connectivity index (χ2v) is 11.7. The largest absolute Gasteiger partial charge is 0.504 e. The number of imide groups is 1. The Kier molecular flexibility index (Phi) is 7.78.